The summed E-state index contributed by atoms with van der Waals surface area (Å²) in [5.41, 5.74) is 7.22. The van der Waals surface area contributed by atoms with E-state index in [1.807, 2.05) is 0 Å². The number of hydrogen-bond donors (Lipinski definition) is 4. The fourth-order valence-electron chi connectivity index (χ4n) is 1.31. The van der Waals surface area contributed by atoms with Gasteiger partial charge in [-0.1, -0.05) is 12.1 Å². The minimum Gasteiger partial charge on any atom is -0.397 e. The van der Waals surface area contributed by atoms with Gasteiger partial charge in [0.15, 0.2) is 0 Å². The van der Waals surface area contributed by atoms with E-state index in [-0.39, 0.29) is 5.82 Å². The molecule has 6 N–H and O–H groups in total. The van der Waals surface area contributed by atoms with Crippen molar-refractivity contribution in [2.45, 2.75) is 0 Å². The molecule has 0 saturated carbocycles. The predicted octanol–water partition coefficient (Wildman–Crippen LogP) is 2.21. The van der Waals surface area contributed by atoms with Gasteiger partial charge in [-0.2, -0.15) is 5.17 Å². The Morgan fingerprint density at radius 1 is 1.11 bits per heavy atom. The molecule has 0 amide bonds. The molecule has 2 aromatic carbocycles. The van der Waals surface area contributed by atoms with E-state index in [0.717, 1.165) is 5.69 Å². The van der Waals surface area contributed by atoms with Gasteiger partial charge in [0.2, 0.25) is 0 Å². The van der Waals surface area contributed by atoms with Gasteiger partial charge in [0.25, 0.3) is 0 Å². The average Bonchev–Trinajstić information content (AvgIpc) is 2.40. The Balaban J connectivity index is 0.000000191. The number of nitrogens with two attached hydrogens (primary N) is 2. The van der Waals surface area contributed by atoms with Crippen molar-refractivity contribution in [2.24, 2.45) is 5.84 Å². The predicted molar refractivity (Wildman–Crippen MR) is 75.3 cm³/mol. The molecular weight excluding hydrogens is 247 g/mol. The first-order valence-corrected chi connectivity index (χ1v) is 5.56. The van der Waals surface area contributed by atoms with Crippen LogP contribution < -0.4 is 22.1 Å². The van der Waals surface area contributed by atoms with E-state index in [1.54, 1.807) is 43.4 Å². The second-order valence-electron chi connectivity index (χ2n) is 3.66. The van der Waals surface area contributed by atoms with Crippen LogP contribution >= 0.6 is 0 Å². The molecular formula is C13H17FN4O. The summed E-state index contributed by atoms with van der Waals surface area (Å²) in [5, 5.41) is 12.1. The van der Waals surface area contributed by atoms with Crippen LogP contribution in [0, 0.1) is 5.82 Å². The molecule has 6 heteroatoms. The van der Waals surface area contributed by atoms with Crippen molar-refractivity contribution in [1.82, 2.24) is 0 Å². The molecule has 0 spiro atoms. The third kappa shape index (κ3) is 4.82. The van der Waals surface area contributed by atoms with E-state index in [9.17, 15) is 4.39 Å². The summed E-state index contributed by atoms with van der Waals surface area (Å²) < 4.78 is 12.2. The Morgan fingerprint density at radius 2 is 1.68 bits per heavy atom. The molecule has 2 rings (SSSR count). The number of rotatable bonds is 2. The highest BCUT2D eigenvalue weighted by atomic mass is 19.1. The number of para-hydroxylation sites is 2. The van der Waals surface area contributed by atoms with Gasteiger partial charge in [-0.3, -0.25) is 5.21 Å². The van der Waals surface area contributed by atoms with E-state index in [2.05, 4.69) is 5.32 Å². The lowest BCUT2D eigenvalue weighted by molar-refractivity contribution is 0.258. The molecule has 0 fully saturated rings. The molecule has 0 saturated heterocycles. The fourth-order valence-corrected chi connectivity index (χ4v) is 1.31. The normalized spacial score (nSPS) is 9.26. The molecule has 102 valence electrons. The maximum Gasteiger partial charge on any atom is 0.123 e. The maximum atomic E-state index is 12.2. The lowest BCUT2D eigenvalue weighted by Gasteiger charge is -2.10. The summed E-state index contributed by atoms with van der Waals surface area (Å²) in [7, 11) is 1.80. The zero-order chi connectivity index (χ0) is 14.3. The standard InChI is InChI=1S/C7H8FN.C6H9N3O/c1-9-7-4-2-6(8)3-5-7;7-5-3-1-2-4-6(5)9(8)10/h2-5,9H,1H3;1-4,10H,7-8H2. The van der Waals surface area contributed by atoms with Crippen molar-refractivity contribution in [3.63, 3.8) is 0 Å². The van der Waals surface area contributed by atoms with Crippen molar-refractivity contribution in [1.29, 1.82) is 0 Å². The Morgan fingerprint density at radius 3 is 2.11 bits per heavy atom. The number of anilines is 3. The Bertz CT molecular complexity index is 502. The van der Waals surface area contributed by atoms with Crippen LogP contribution in [0.2, 0.25) is 0 Å². The van der Waals surface area contributed by atoms with Crippen LogP contribution in [0.1, 0.15) is 0 Å². The smallest absolute Gasteiger partial charge is 0.123 e. The van der Waals surface area contributed by atoms with Crippen LogP contribution in [-0.2, 0) is 0 Å². The summed E-state index contributed by atoms with van der Waals surface area (Å²) in [6.07, 6.45) is 0. The summed E-state index contributed by atoms with van der Waals surface area (Å²) in [5.74, 6) is 4.82. The van der Waals surface area contributed by atoms with Gasteiger partial charge in [0, 0.05) is 12.7 Å². The molecule has 0 bridgehead atoms. The highest BCUT2D eigenvalue weighted by Gasteiger charge is 1.99. The molecule has 0 aliphatic rings. The van der Waals surface area contributed by atoms with Gasteiger partial charge in [0.05, 0.1) is 5.69 Å². The second-order valence-corrected chi connectivity index (χ2v) is 3.66. The first-order valence-electron chi connectivity index (χ1n) is 5.56. The van der Waals surface area contributed by atoms with Crippen LogP contribution in [0.5, 0.6) is 0 Å². The quantitative estimate of drug-likeness (QED) is 0.379. The molecule has 0 heterocycles. The highest BCUT2D eigenvalue weighted by Crippen LogP contribution is 2.17. The minimum atomic E-state index is -0.200. The van der Waals surface area contributed by atoms with Crippen LogP contribution in [0.15, 0.2) is 48.5 Å². The lowest BCUT2D eigenvalue weighted by Crippen LogP contribution is -2.26. The number of nitrogens with one attached hydrogen (secondary N) is 1. The van der Waals surface area contributed by atoms with E-state index in [4.69, 9.17) is 16.8 Å². The van der Waals surface area contributed by atoms with Gasteiger partial charge in [-0.25, -0.2) is 10.2 Å². The molecule has 0 aromatic heterocycles. The monoisotopic (exact) mass is 264 g/mol. The topological polar surface area (TPSA) is 87.5 Å². The van der Waals surface area contributed by atoms with Crippen LogP contribution in [0.3, 0.4) is 0 Å². The van der Waals surface area contributed by atoms with Gasteiger partial charge < -0.3 is 11.1 Å². The van der Waals surface area contributed by atoms with Gasteiger partial charge in [0.1, 0.15) is 11.5 Å². The van der Waals surface area contributed by atoms with E-state index >= 15 is 0 Å². The van der Waals surface area contributed by atoms with E-state index < -0.39 is 0 Å². The Hall–Kier alpha value is -2.31. The molecule has 0 unspecified atom stereocenters. The molecule has 0 radical (unpaired) electrons. The van der Waals surface area contributed by atoms with E-state index in [0.29, 0.717) is 16.5 Å². The molecule has 0 aliphatic heterocycles. The SMILES string of the molecule is CNc1ccc(F)cc1.Nc1ccccc1N(N)O. The van der Waals surface area contributed by atoms with Gasteiger partial charge >= 0.3 is 0 Å². The van der Waals surface area contributed by atoms with Crippen LogP contribution in [0.25, 0.3) is 0 Å². The maximum absolute atomic E-state index is 12.2. The summed E-state index contributed by atoms with van der Waals surface area (Å²) >= 11 is 0. The zero-order valence-corrected chi connectivity index (χ0v) is 10.5. The highest BCUT2D eigenvalue weighted by molar-refractivity contribution is 5.64. The zero-order valence-electron chi connectivity index (χ0n) is 10.5. The molecule has 0 atom stereocenters. The van der Waals surface area contributed by atoms with Crippen LogP contribution in [0.4, 0.5) is 21.5 Å². The molecule has 19 heavy (non-hydrogen) atoms. The van der Waals surface area contributed by atoms with Crippen molar-refractivity contribution in [3.8, 4) is 0 Å². The average molecular weight is 264 g/mol. The first-order chi connectivity index (χ1) is 9.04. The summed E-state index contributed by atoms with van der Waals surface area (Å²) in [4.78, 5) is 0. The second kappa shape index (κ2) is 7.20. The third-order valence-electron chi connectivity index (χ3n) is 2.32. The third-order valence-corrected chi connectivity index (χ3v) is 2.32. The molecule has 5 nitrogen and oxygen atoms in total. The Kier molecular flexibility index (Phi) is 5.59. The number of nitrogens with zero attached hydrogens (tertiary/aromatic N) is 1. The number of hydrazine groups is 1. The first kappa shape index (κ1) is 14.7. The van der Waals surface area contributed by atoms with Crippen LogP contribution in [-0.4, -0.2) is 12.3 Å². The van der Waals surface area contributed by atoms with Crippen molar-refractivity contribution in [2.75, 3.05) is 23.3 Å². The van der Waals surface area contributed by atoms with Gasteiger partial charge in [-0.15, -0.1) is 0 Å². The summed E-state index contributed by atoms with van der Waals surface area (Å²) in [6, 6.07) is 13.0. The summed E-state index contributed by atoms with van der Waals surface area (Å²) in [6.45, 7) is 0. The van der Waals surface area contributed by atoms with Gasteiger partial charge in [-0.05, 0) is 36.4 Å². The number of halogens is 1. The van der Waals surface area contributed by atoms with E-state index in [1.165, 1.54) is 12.1 Å². The molecule has 0 aliphatic carbocycles. The number of benzene rings is 2. The Labute approximate surface area is 111 Å². The van der Waals surface area contributed by atoms with Crippen molar-refractivity contribution >= 4 is 17.1 Å². The lowest BCUT2D eigenvalue weighted by atomic mass is 10.3. The fraction of sp³-hybridized carbons (Fsp3) is 0.0769. The largest absolute Gasteiger partial charge is 0.397 e. The van der Waals surface area contributed by atoms with Crippen molar-refractivity contribution in [3.05, 3.63) is 54.3 Å². The number of nitrogen functional groups attached to an aromatic ring is 1. The molecule has 2 aromatic rings. The number of hydrogen-bond acceptors (Lipinski definition) is 5. The van der Waals surface area contributed by atoms with Crippen molar-refractivity contribution < 1.29 is 9.60 Å². The minimum absolute atomic E-state index is 0.200.